The van der Waals surface area contributed by atoms with Crippen LogP contribution < -0.4 is 18.9 Å². The Kier molecular flexibility index (Phi) is 6.57. The second-order valence-corrected chi connectivity index (χ2v) is 5.66. The van der Waals surface area contributed by atoms with Gasteiger partial charge in [-0.1, -0.05) is 6.07 Å². The highest BCUT2D eigenvalue weighted by Gasteiger charge is 2.10. The predicted molar refractivity (Wildman–Crippen MR) is 101 cm³/mol. The number of rotatable bonds is 8. The molecule has 0 radical (unpaired) electrons. The minimum atomic E-state index is -0.430. The van der Waals surface area contributed by atoms with Crippen LogP contribution >= 0.6 is 0 Å². The molecule has 6 heteroatoms. The van der Waals surface area contributed by atoms with Crippen molar-refractivity contribution in [3.8, 4) is 23.0 Å². The molecule has 0 aromatic heterocycles. The van der Waals surface area contributed by atoms with Gasteiger partial charge in [0.25, 0.3) is 0 Å². The Bertz CT molecular complexity index is 782. The number of hydrogen-bond donors (Lipinski definition) is 0. The summed E-state index contributed by atoms with van der Waals surface area (Å²) in [7, 11) is 0. The highest BCUT2D eigenvalue weighted by Crippen LogP contribution is 2.31. The molecule has 0 saturated heterocycles. The summed E-state index contributed by atoms with van der Waals surface area (Å²) in [6.45, 7) is 4.07. The normalized spacial score (nSPS) is 12.6. The van der Waals surface area contributed by atoms with Crippen LogP contribution in [0.1, 0.15) is 12.5 Å². The first-order valence-corrected chi connectivity index (χ1v) is 8.85. The third-order valence-corrected chi connectivity index (χ3v) is 3.71. The van der Waals surface area contributed by atoms with Crippen LogP contribution in [0.5, 0.6) is 23.0 Å². The Hall–Kier alpha value is -3.15. The summed E-state index contributed by atoms with van der Waals surface area (Å²) in [6.07, 6.45) is 3.05. The number of esters is 1. The molecule has 0 amide bonds. The second-order valence-electron chi connectivity index (χ2n) is 5.66. The number of carbonyl (C=O) groups excluding carboxylic acids is 1. The zero-order valence-electron chi connectivity index (χ0n) is 15.2. The van der Waals surface area contributed by atoms with Crippen molar-refractivity contribution in [2.75, 3.05) is 33.0 Å². The molecule has 0 saturated carbocycles. The lowest BCUT2D eigenvalue weighted by Gasteiger charge is -2.18. The first-order chi connectivity index (χ1) is 13.2. The van der Waals surface area contributed by atoms with Crippen LogP contribution in [-0.4, -0.2) is 39.0 Å². The van der Waals surface area contributed by atoms with Crippen LogP contribution in [0.15, 0.2) is 48.5 Å². The van der Waals surface area contributed by atoms with Gasteiger partial charge in [-0.15, -0.1) is 0 Å². The molecule has 2 aromatic carbocycles. The highest BCUT2D eigenvalue weighted by atomic mass is 16.6. The SMILES string of the molecule is CCOc1ccc(OCCOC(=O)/C=C/c2ccc3c(c2)OCCO3)cc1. The maximum atomic E-state index is 11.8. The van der Waals surface area contributed by atoms with Crippen LogP contribution in [0.25, 0.3) is 6.08 Å². The van der Waals surface area contributed by atoms with Gasteiger partial charge in [-0.3, -0.25) is 0 Å². The van der Waals surface area contributed by atoms with E-state index in [9.17, 15) is 4.79 Å². The minimum absolute atomic E-state index is 0.164. The quantitative estimate of drug-likeness (QED) is 0.403. The van der Waals surface area contributed by atoms with E-state index < -0.39 is 5.97 Å². The van der Waals surface area contributed by atoms with Gasteiger partial charge in [0.15, 0.2) is 11.5 Å². The molecule has 2 aromatic rings. The lowest BCUT2D eigenvalue weighted by Crippen LogP contribution is -2.15. The first-order valence-electron chi connectivity index (χ1n) is 8.85. The molecule has 1 heterocycles. The third-order valence-electron chi connectivity index (χ3n) is 3.71. The van der Waals surface area contributed by atoms with Crippen molar-refractivity contribution in [2.45, 2.75) is 6.92 Å². The van der Waals surface area contributed by atoms with E-state index in [0.29, 0.717) is 37.1 Å². The first kappa shape index (κ1) is 18.6. The summed E-state index contributed by atoms with van der Waals surface area (Å²) in [4.78, 5) is 11.8. The second kappa shape index (κ2) is 9.52. The number of carbonyl (C=O) groups is 1. The fourth-order valence-electron chi connectivity index (χ4n) is 2.48. The topological polar surface area (TPSA) is 63.2 Å². The number of ether oxygens (including phenoxy) is 5. The Morgan fingerprint density at radius 1 is 0.963 bits per heavy atom. The zero-order chi connectivity index (χ0) is 18.9. The number of hydrogen-bond acceptors (Lipinski definition) is 6. The van der Waals surface area contributed by atoms with Crippen LogP contribution in [0.3, 0.4) is 0 Å². The third kappa shape index (κ3) is 5.67. The number of benzene rings is 2. The van der Waals surface area contributed by atoms with E-state index in [2.05, 4.69) is 0 Å². The molecule has 0 atom stereocenters. The van der Waals surface area contributed by atoms with E-state index in [1.807, 2.05) is 49.4 Å². The van der Waals surface area contributed by atoms with E-state index >= 15 is 0 Å². The monoisotopic (exact) mass is 370 g/mol. The molecule has 0 bridgehead atoms. The number of fused-ring (bicyclic) bond motifs is 1. The van der Waals surface area contributed by atoms with E-state index in [4.69, 9.17) is 23.7 Å². The predicted octanol–water partition coefficient (Wildman–Crippen LogP) is 3.49. The van der Waals surface area contributed by atoms with E-state index in [0.717, 1.165) is 11.3 Å². The molecule has 0 spiro atoms. The van der Waals surface area contributed by atoms with Gasteiger partial charge in [0.05, 0.1) is 6.61 Å². The van der Waals surface area contributed by atoms with Crippen LogP contribution in [0.2, 0.25) is 0 Å². The van der Waals surface area contributed by atoms with Crippen molar-refractivity contribution in [3.05, 3.63) is 54.1 Å². The van der Waals surface area contributed by atoms with Gasteiger partial charge < -0.3 is 23.7 Å². The molecule has 0 fully saturated rings. The largest absolute Gasteiger partial charge is 0.494 e. The van der Waals surface area contributed by atoms with E-state index in [1.165, 1.54) is 6.08 Å². The molecule has 142 valence electrons. The zero-order valence-corrected chi connectivity index (χ0v) is 15.2. The van der Waals surface area contributed by atoms with Crippen LogP contribution in [0, 0.1) is 0 Å². The summed E-state index contributed by atoms with van der Waals surface area (Å²) >= 11 is 0. The molecule has 1 aliphatic heterocycles. The van der Waals surface area contributed by atoms with Crippen LogP contribution in [-0.2, 0) is 9.53 Å². The lowest BCUT2D eigenvalue weighted by atomic mass is 10.2. The molecule has 0 unspecified atom stereocenters. The average molecular weight is 370 g/mol. The van der Waals surface area contributed by atoms with Gasteiger partial charge in [0.2, 0.25) is 0 Å². The fraction of sp³-hybridized carbons (Fsp3) is 0.286. The van der Waals surface area contributed by atoms with Gasteiger partial charge in [-0.05, 0) is 55.0 Å². The summed E-state index contributed by atoms with van der Waals surface area (Å²) in [5.74, 6) is 2.45. The maximum absolute atomic E-state index is 11.8. The van der Waals surface area contributed by atoms with Gasteiger partial charge in [0.1, 0.15) is 37.9 Å². The molecule has 27 heavy (non-hydrogen) atoms. The smallest absolute Gasteiger partial charge is 0.330 e. The van der Waals surface area contributed by atoms with Crippen molar-refractivity contribution in [3.63, 3.8) is 0 Å². The van der Waals surface area contributed by atoms with E-state index in [1.54, 1.807) is 6.08 Å². The van der Waals surface area contributed by atoms with Gasteiger partial charge in [-0.2, -0.15) is 0 Å². The molecular weight excluding hydrogens is 348 g/mol. The van der Waals surface area contributed by atoms with Gasteiger partial charge >= 0.3 is 5.97 Å². The minimum Gasteiger partial charge on any atom is -0.494 e. The van der Waals surface area contributed by atoms with Crippen molar-refractivity contribution in [2.24, 2.45) is 0 Å². The molecule has 1 aliphatic rings. The average Bonchev–Trinajstić information content (AvgIpc) is 2.71. The molecular formula is C21H22O6. The Morgan fingerprint density at radius 3 is 2.41 bits per heavy atom. The van der Waals surface area contributed by atoms with Crippen molar-refractivity contribution >= 4 is 12.0 Å². The van der Waals surface area contributed by atoms with Crippen LogP contribution in [0.4, 0.5) is 0 Å². The lowest BCUT2D eigenvalue weighted by molar-refractivity contribution is -0.138. The standard InChI is InChI=1S/C21H22O6/c1-2-23-17-5-7-18(8-6-17)24-11-14-27-21(22)10-4-16-3-9-19-20(15-16)26-13-12-25-19/h3-10,15H,2,11-14H2,1H3/b10-4+. The van der Waals surface area contributed by atoms with Gasteiger partial charge in [0, 0.05) is 6.08 Å². The van der Waals surface area contributed by atoms with Crippen molar-refractivity contribution in [1.82, 2.24) is 0 Å². The Balaban J connectivity index is 1.40. The molecule has 0 aliphatic carbocycles. The van der Waals surface area contributed by atoms with Gasteiger partial charge in [-0.25, -0.2) is 4.79 Å². The van der Waals surface area contributed by atoms with Crippen molar-refractivity contribution < 1.29 is 28.5 Å². The summed E-state index contributed by atoms with van der Waals surface area (Å²) < 4.78 is 27.0. The molecule has 0 N–H and O–H groups in total. The Morgan fingerprint density at radius 2 is 1.67 bits per heavy atom. The summed E-state index contributed by atoms with van der Waals surface area (Å²) in [5.41, 5.74) is 0.835. The highest BCUT2D eigenvalue weighted by molar-refractivity contribution is 5.87. The maximum Gasteiger partial charge on any atom is 0.330 e. The van der Waals surface area contributed by atoms with E-state index in [-0.39, 0.29) is 13.2 Å². The molecule has 6 nitrogen and oxygen atoms in total. The molecule has 3 rings (SSSR count). The summed E-state index contributed by atoms with van der Waals surface area (Å²) in [6, 6.07) is 12.8. The Labute approximate surface area is 158 Å². The fourth-order valence-corrected chi connectivity index (χ4v) is 2.48. The van der Waals surface area contributed by atoms with Crippen molar-refractivity contribution in [1.29, 1.82) is 0 Å². The summed E-state index contributed by atoms with van der Waals surface area (Å²) in [5, 5.41) is 0.